The predicted octanol–water partition coefficient (Wildman–Crippen LogP) is 4.69. The summed E-state index contributed by atoms with van der Waals surface area (Å²) in [5.74, 6) is -0.360. The van der Waals surface area contributed by atoms with E-state index < -0.39 is 5.97 Å². The number of para-hydroxylation sites is 1. The van der Waals surface area contributed by atoms with Crippen LogP contribution in [-0.4, -0.2) is 22.7 Å². The first-order chi connectivity index (χ1) is 13.5. The molecule has 0 radical (unpaired) electrons. The molecular formula is C20H15Br2N3O3. The molecule has 28 heavy (non-hydrogen) atoms. The number of nitrogens with zero attached hydrogens (tertiary/aromatic N) is 2. The molecule has 2 aromatic carbocycles. The van der Waals surface area contributed by atoms with Crippen molar-refractivity contribution in [1.29, 1.82) is 0 Å². The average molecular weight is 505 g/mol. The number of hydrogen-bond donors (Lipinski definition) is 1. The number of aromatic nitrogens is 1. The number of rotatable bonds is 5. The van der Waals surface area contributed by atoms with Gasteiger partial charge in [0.05, 0.1) is 26.4 Å². The number of carbonyl (C=O) groups is 2. The normalized spacial score (nSPS) is 10.8. The summed E-state index contributed by atoms with van der Waals surface area (Å²) in [5, 5.41) is 4.03. The van der Waals surface area contributed by atoms with Crippen LogP contribution in [-0.2, 0) is 4.79 Å². The average Bonchev–Trinajstić information content (AvgIpc) is 3.19. The molecule has 1 amide bonds. The summed E-state index contributed by atoms with van der Waals surface area (Å²) in [6, 6.07) is 14.5. The molecule has 0 atom stereocenters. The van der Waals surface area contributed by atoms with E-state index in [1.807, 2.05) is 41.2 Å². The van der Waals surface area contributed by atoms with Crippen LogP contribution in [0.1, 0.15) is 22.8 Å². The fourth-order valence-electron chi connectivity index (χ4n) is 2.51. The predicted molar refractivity (Wildman–Crippen MR) is 114 cm³/mol. The molecule has 0 saturated carbocycles. The Balaban J connectivity index is 1.75. The van der Waals surface area contributed by atoms with Gasteiger partial charge in [0.15, 0.2) is 5.75 Å². The molecule has 0 aliphatic rings. The monoisotopic (exact) mass is 503 g/mol. The van der Waals surface area contributed by atoms with E-state index in [0.717, 1.165) is 5.69 Å². The van der Waals surface area contributed by atoms with Gasteiger partial charge in [0.2, 0.25) is 0 Å². The molecular weight excluding hydrogens is 490 g/mol. The van der Waals surface area contributed by atoms with E-state index >= 15 is 0 Å². The Morgan fingerprint density at radius 1 is 1.07 bits per heavy atom. The summed E-state index contributed by atoms with van der Waals surface area (Å²) >= 11 is 6.71. The Hall–Kier alpha value is -2.71. The molecule has 1 aromatic heterocycles. The Bertz CT molecular complexity index is 1020. The molecule has 142 valence electrons. The van der Waals surface area contributed by atoms with Gasteiger partial charge in [-0.1, -0.05) is 12.1 Å². The van der Waals surface area contributed by atoms with Crippen molar-refractivity contribution < 1.29 is 14.3 Å². The first-order valence-corrected chi connectivity index (χ1v) is 9.77. The van der Waals surface area contributed by atoms with Crippen molar-refractivity contribution in [2.75, 3.05) is 0 Å². The largest absolute Gasteiger partial charge is 0.424 e. The van der Waals surface area contributed by atoms with Gasteiger partial charge in [0.1, 0.15) is 0 Å². The van der Waals surface area contributed by atoms with E-state index in [1.54, 1.807) is 24.3 Å². The molecule has 1 heterocycles. The molecule has 0 spiro atoms. The smallest absolute Gasteiger partial charge is 0.308 e. The minimum Gasteiger partial charge on any atom is -0.424 e. The van der Waals surface area contributed by atoms with Gasteiger partial charge in [0, 0.05) is 19.3 Å². The van der Waals surface area contributed by atoms with Crippen molar-refractivity contribution in [3.63, 3.8) is 0 Å². The SMILES string of the molecule is CC(=O)Oc1c(Br)cc(/C=N\NC(=O)c2ccccc2-n2cccc2)cc1Br. The van der Waals surface area contributed by atoms with Crippen LogP contribution in [0.2, 0.25) is 0 Å². The third-order valence-corrected chi connectivity index (χ3v) is 4.86. The minimum atomic E-state index is -0.420. The van der Waals surface area contributed by atoms with Gasteiger partial charge >= 0.3 is 5.97 Å². The number of carbonyl (C=O) groups excluding carboxylic acids is 2. The highest BCUT2D eigenvalue weighted by molar-refractivity contribution is 9.11. The van der Waals surface area contributed by atoms with Crippen molar-refractivity contribution in [3.8, 4) is 11.4 Å². The maximum Gasteiger partial charge on any atom is 0.308 e. The number of amides is 1. The molecule has 3 rings (SSSR count). The van der Waals surface area contributed by atoms with Crippen LogP contribution in [0.4, 0.5) is 0 Å². The maximum atomic E-state index is 12.5. The van der Waals surface area contributed by atoms with E-state index in [2.05, 4.69) is 42.4 Å². The summed E-state index contributed by atoms with van der Waals surface area (Å²) in [6.45, 7) is 1.33. The van der Waals surface area contributed by atoms with Gasteiger partial charge < -0.3 is 9.30 Å². The standard InChI is InChI=1S/C20H15Br2N3O3/c1-13(26)28-19-16(21)10-14(11-17(19)22)12-23-24-20(27)15-6-2-3-7-18(15)25-8-4-5-9-25/h2-12H,1H3,(H,24,27)/b23-12-. The lowest BCUT2D eigenvalue weighted by molar-refractivity contribution is -0.131. The molecule has 0 unspecified atom stereocenters. The van der Waals surface area contributed by atoms with Crippen molar-refractivity contribution >= 4 is 50.0 Å². The van der Waals surface area contributed by atoms with Crippen LogP contribution < -0.4 is 10.2 Å². The number of benzene rings is 2. The van der Waals surface area contributed by atoms with Crippen LogP contribution in [0, 0.1) is 0 Å². The van der Waals surface area contributed by atoms with E-state index in [1.165, 1.54) is 13.1 Å². The molecule has 6 nitrogen and oxygen atoms in total. The minimum absolute atomic E-state index is 0.324. The second kappa shape index (κ2) is 8.99. The molecule has 1 N–H and O–H groups in total. The Morgan fingerprint density at radius 3 is 2.36 bits per heavy atom. The zero-order valence-corrected chi connectivity index (χ0v) is 17.9. The van der Waals surface area contributed by atoms with Gasteiger partial charge in [-0.15, -0.1) is 0 Å². The van der Waals surface area contributed by atoms with E-state index in [4.69, 9.17) is 4.74 Å². The number of ether oxygens (including phenoxy) is 1. The Labute approximate surface area is 178 Å². The summed E-state index contributed by atoms with van der Waals surface area (Å²) in [7, 11) is 0. The number of hydrazone groups is 1. The summed E-state index contributed by atoms with van der Waals surface area (Å²) in [6.07, 6.45) is 5.24. The molecule has 0 bridgehead atoms. The van der Waals surface area contributed by atoms with Crippen molar-refractivity contribution in [1.82, 2.24) is 9.99 Å². The summed E-state index contributed by atoms with van der Waals surface area (Å²) < 4.78 is 8.16. The first kappa shape index (κ1) is 20.0. The topological polar surface area (TPSA) is 72.7 Å². The fraction of sp³-hybridized carbons (Fsp3) is 0.0500. The van der Waals surface area contributed by atoms with Gasteiger partial charge in [-0.3, -0.25) is 9.59 Å². The van der Waals surface area contributed by atoms with E-state index in [9.17, 15) is 9.59 Å². The lowest BCUT2D eigenvalue weighted by Gasteiger charge is -2.09. The number of halogens is 2. The molecule has 8 heteroatoms. The molecule has 0 aliphatic carbocycles. The maximum absolute atomic E-state index is 12.5. The van der Waals surface area contributed by atoms with Crippen LogP contribution in [0.5, 0.6) is 5.75 Å². The Morgan fingerprint density at radius 2 is 1.71 bits per heavy atom. The third-order valence-electron chi connectivity index (χ3n) is 3.68. The van der Waals surface area contributed by atoms with Crippen LogP contribution in [0.3, 0.4) is 0 Å². The summed E-state index contributed by atoms with van der Waals surface area (Å²) in [5.41, 5.74) is 4.50. The highest BCUT2D eigenvalue weighted by Crippen LogP contribution is 2.34. The Kier molecular flexibility index (Phi) is 6.43. The van der Waals surface area contributed by atoms with E-state index in [-0.39, 0.29) is 5.91 Å². The van der Waals surface area contributed by atoms with Crippen LogP contribution >= 0.6 is 31.9 Å². The van der Waals surface area contributed by atoms with E-state index in [0.29, 0.717) is 25.8 Å². The highest BCUT2D eigenvalue weighted by Gasteiger charge is 2.12. The molecule has 0 aliphatic heterocycles. The molecule has 0 fully saturated rings. The zero-order valence-electron chi connectivity index (χ0n) is 14.7. The zero-order chi connectivity index (χ0) is 20.1. The van der Waals surface area contributed by atoms with Gasteiger partial charge in [-0.25, -0.2) is 5.43 Å². The first-order valence-electron chi connectivity index (χ1n) is 8.19. The second-order valence-electron chi connectivity index (χ2n) is 5.71. The lowest BCUT2D eigenvalue weighted by Crippen LogP contribution is -2.19. The highest BCUT2D eigenvalue weighted by atomic mass is 79.9. The fourth-order valence-corrected chi connectivity index (χ4v) is 3.89. The number of hydrogen-bond acceptors (Lipinski definition) is 4. The van der Waals surface area contributed by atoms with Crippen LogP contribution in [0.25, 0.3) is 5.69 Å². The van der Waals surface area contributed by atoms with Crippen LogP contribution in [0.15, 0.2) is 75.0 Å². The lowest BCUT2D eigenvalue weighted by atomic mass is 10.1. The molecule has 3 aromatic rings. The quantitative estimate of drug-likeness (QED) is 0.237. The number of esters is 1. The van der Waals surface area contributed by atoms with Gasteiger partial charge in [-0.05, 0) is 73.8 Å². The molecule has 0 saturated heterocycles. The van der Waals surface area contributed by atoms with Crippen molar-refractivity contribution in [2.45, 2.75) is 6.92 Å². The van der Waals surface area contributed by atoms with Crippen molar-refractivity contribution in [2.24, 2.45) is 5.10 Å². The summed E-state index contributed by atoms with van der Waals surface area (Å²) in [4.78, 5) is 23.7. The third kappa shape index (κ3) is 4.76. The van der Waals surface area contributed by atoms with Crippen molar-refractivity contribution in [3.05, 3.63) is 81.0 Å². The number of nitrogens with one attached hydrogen (secondary N) is 1. The second-order valence-corrected chi connectivity index (χ2v) is 7.42. The van der Waals surface area contributed by atoms with Gasteiger partial charge in [-0.2, -0.15) is 5.10 Å². The van der Waals surface area contributed by atoms with Gasteiger partial charge in [0.25, 0.3) is 5.91 Å².